The summed E-state index contributed by atoms with van der Waals surface area (Å²) >= 11 is 0. The Morgan fingerprint density at radius 1 is 1.35 bits per heavy atom. The largest absolute Gasteiger partial charge is 0.293 e. The minimum absolute atomic E-state index is 0.159. The van der Waals surface area contributed by atoms with E-state index in [-0.39, 0.29) is 18.0 Å². The number of hydrazine groups is 1. The van der Waals surface area contributed by atoms with Gasteiger partial charge in [0.1, 0.15) is 0 Å². The maximum absolute atomic E-state index is 12.1. The molecule has 0 spiro atoms. The normalized spacial score (nSPS) is 11.5. The highest BCUT2D eigenvalue weighted by Gasteiger charge is 2.24. The molecule has 7 heteroatoms. The molecule has 0 radical (unpaired) electrons. The van der Waals surface area contributed by atoms with Gasteiger partial charge in [0.15, 0.2) is 0 Å². The first-order valence-corrected chi connectivity index (χ1v) is 6.51. The van der Waals surface area contributed by atoms with Crippen molar-refractivity contribution in [2.75, 3.05) is 13.1 Å². The maximum Gasteiger partial charge on any atom is 0.249 e. The second kappa shape index (κ2) is 5.76. The molecule has 0 fully saturated rings. The zero-order valence-electron chi connectivity index (χ0n) is 9.46. The Labute approximate surface area is 100 Å². The van der Waals surface area contributed by atoms with Crippen LogP contribution in [-0.2, 0) is 14.8 Å². The number of sulfonamides is 1. The molecule has 0 heterocycles. The summed E-state index contributed by atoms with van der Waals surface area (Å²) in [6.45, 7) is 1.57. The summed E-state index contributed by atoms with van der Waals surface area (Å²) in [5, 5.41) is 0. The van der Waals surface area contributed by atoms with E-state index in [1.54, 1.807) is 25.1 Å². The Kier molecular flexibility index (Phi) is 4.62. The number of hydrogen-bond donors (Lipinski definition) is 2. The van der Waals surface area contributed by atoms with Gasteiger partial charge in [-0.3, -0.25) is 10.2 Å². The number of amides is 1. The predicted octanol–water partition coefficient (Wildman–Crippen LogP) is -0.313. The molecule has 6 nitrogen and oxygen atoms in total. The summed E-state index contributed by atoms with van der Waals surface area (Å²) < 4.78 is 25.3. The number of nitrogens with two attached hydrogens (primary N) is 1. The van der Waals surface area contributed by atoms with E-state index in [0.29, 0.717) is 0 Å². The molecule has 0 aliphatic carbocycles. The van der Waals surface area contributed by atoms with Gasteiger partial charge in [0.2, 0.25) is 15.9 Å². The van der Waals surface area contributed by atoms with Gasteiger partial charge in [-0.1, -0.05) is 25.1 Å². The van der Waals surface area contributed by atoms with Gasteiger partial charge in [0.05, 0.1) is 11.4 Å². The number of benzene rings is 1. The molecule has 17 heavy (non-hydrogen) atoms. The van der Waals surface area contributed by atoms with Crippen LogP contribution in [0.4, 0.5) is 0 Å². The van der Waals surface area contributed by atoms with Crippen molar-refractivity contribution in [2.24, 2.45) is 5.84 Å². The van der Waals surface area contributed by atoms with Crippen molar-refractivity contribution >= 4 is 15.9 Å². The minimum Gasteiger partial charge on any atom is -0.293 e. The lowest BCUT2D eigenvalue weighted by Gasteiger charge is -2.19. The van der Waals surface area contributed by atoms with Crippen molar-refractivity contribution in [3.05, 3.63) is 30.3 Å². The van der Waals surface area contributed by atoms with E-state index < -0.39 is 15.9 Å². The lowest BCUT2D eigenvalue weighted by molar-refractivity contribution is -0.121. The molecule has 1 aromatic carbocycles. The van der Waals surface area contributed by atoms with Crippen LogP contribution in [0.1, 0.15) is 6.92 Å². The zero-order chi connectivity index (χ0) is 12.9. The van der Waals surface area contributed by atoms with Gasteiger partial charge in [0, 0.05) is 6.54 Å². The van der Waals surface area contributed by atoms with Crippen LogP contribution in [0.25, 0.3) is 0 Å². The highest BCUT2D eigenvalue weighted by atomic mass is 32.2. The van der Waals surface area contributed by atoms with Gasteiger partial charge in [-0.05, 0) is 12.1 Å². The summed E-state index contributed by atoms with van der Waals surface area (Å²) in [6.07, 6.45) is 0. The average Bonchev–Trinajstić information content (AvgIpc) is 2.36. The van der Waals surface area contributed by atoms with E-state index in [2.05, 4.69) is 0 Å². The Morgan fingerprint density at radius 2 is 1.94 bits per heavy atom. The maximum atomic E-state index is 12.1. The average molecular weight is 257 g/mol. The first-order valence-electron chi connectivity index (χ1n) is 5.07. The van der Waals surface area contributed by atoms with E-state index in [0.717, 1.165) is 4.31 Å². The third kappa shape index (κ3) is 3.26. The Hall–Kier alpha value is -1.44. The number of rotatable bonds is 5. The second-order valence-corrected chi connectivity index (χ2v) is 5.25. The van der Waals surface area contributed by atoms with Crippen molar-refractivity contribution in [1.29, 1.82) is 0 Å². The monoisotopic (exact) mass is 257 g/mol. The summed E-state index contributed by atoms with van der Waals surface area (Å²) in [4.78, 5) is 11.3. The molecule has 0 aliphatic rings. The quantitative estimate of drug-likeness (QED) is 0.430. The first-order chi connectivity index (χ1) is 8.02. The lowest BCUT2D eigenvalue weighted by atomic mass is 10.4. The number of likely N-dealkylation sites (N-methyl/N-ethyl adjacent to an activating group) is 1. The smallest absolute Gasteiger partial charge is 0.249 e. The molecule has 0 atom stereocenters. The van der Waals surface area contributed by atoms with Crippen molar-refractivity contribution in [1.82, 2.24) is 9.73 Å². The number of carbonyl (C=O) groups is 1. The molecule has 1 rings (SSSR count). The summed E-state index contributed by atoms with van der Waals surface area (Å²) in [7, 11) is -3.64. The molecule has 0 bridgehead atoms. The van der Waals surface area contributed by atoms with Crippen molar-refractivity contribution < 1.29 is 13.2 Å². The number of nitrogens with zero attached hydrogens (tertiary/aromatic N) is 1. The van der Waals surface area contributed by atoms with E-state index >= 15 is 0 Å². The highest BCUT2D eigenvalue weighted by Crippen LogP contribution is 2.14. The van der Waals surface area contributed by atoms with E-state index in [9.17, 15) is 13.2 Å². The highest BCUT2D eigenvalue weighted by molar-refractivity contribution is 7.89. The van der Waals surface area contributed by atoms with Crippen LogP contribution in [-0.4, -0.2) is 31.7 Å². The van der Waals surface area contributed by atoms with Crippen molar-refractivity contribution in [3.63, 3.8) is 0 Å². The third-order valence-corrected chi connectivity index (χ3v) is 4.15. The van der Waals surface area contributed by atoms with E-state index in [1.807, 2.05) is 5.43 Å². The SMILES string of the molecule is CCN(CC(=O)NN)S(=O)(=O)c1ccccc1. The fraction of sp³-hybridized carbons (Fsp3) is 0.300. The zero-order valence-corrected chi connectivity index (χ0v) is 10.3. The summed E-state index contributed by atoms with van der Waals surface area (Å²) in [5.41, 5.74) is 1.91. The Balaban J connectivity index is 2.99. The van der Waals surface area contributed by atoms with Crippen LogP contribution in [0.15, 0.2) is 35.2 Å². The van der Waals surface area contributed by atoms with Gasteiger partial charge < -0.3 is 0 Å². The number of carbonyl (C=O) groups excluding carboxylic acids is 1. The number of hydrogen-bond acceptors (Lipinski definition) is 4. The standard InChI is InChI=1S/C10H15N3O3S/c1-2-13(8-10(14)12-11)17(15,16)9-6-4-3-5-7-9/h3-7H,2,8,11H2,1H3,(H,12,14). The molecule has 1 amide bonds. The minimum atomic E-state index is -3.64. The van der Waals surface area contributed by atoms with Crippen LogP contribution >= 0.6 is 0 Å². The molecule has 94 valence electrons. The van der Waals surface area contributed by atoms with Gasteiger partial charge in [-0.15, -0.1) is 0 Å². The molecule has 3 N–H and O–H groups in total. The molecule has 0 aliphatic heterocycles. The van der Waals surface area contributed by atoms with Crippen molar-refractivity contribution in [2.45, 2.75) is 11.8 Å². The van der Waals surface area contributed by atoms with Gasteiger partial charge in [-0.25, -0.2) is 14.3 Å². The van der Waals surface area contributed by atoms with E-state index in [4.69, 9.17) is 5.84 Å². The van der Waals surface area contributed by atoms with E-state index in [1.165, 1.54) is 12.1 Å². The summed E-state index contributed by atoms with van der Waals surface area (Å²) in [6, 6.07) is 7.95. The molecular weight excluding hydrogens is 242 g/mol. The van der Waals surface area contributed by atoms with Gasteiger partial charge >= 0.3 is 0 Å². The number of nitrogens with one attached hydrogen (secondary N) is 1. The molecule has 0 unspecified atom stereocenters. The third-order valence-electron chi connectivity index (χ3n) is 2.21. The molecule has 0 aromatic heterocycles. The van der Waals surface area contributed by atoms with Crippen LogP contribution in [0.3, 0.4) is 0 Å². The topological polar surface area (TPSA) is 92.5 Å². The van der Waals surface area contributed by atoms with Crippen LogP contribution in [0.2, 0.25) is 0 Å². The fourth-order valence-electron chi connectivity index (χ4n) is 1.31. The van der Waals surface area contributed by atoms with Gasteiger partial charge in [0.25, 0.3) is 0 Å². The fourth-order valence-corrected chi connectivity index (χ4v) is 2.74. The van der Waals surface area contributed by atoms with Gasteiger partial charge in [-0.2, -0.15) is 4.31 Å². The second-order valence-electron chi connectivity index (χ2n) is 3.31. The predicted molar refractivity (Wildman–Crippen MR) is 63.2 cm³/mol. The molecule has 1 aromatic rings. The molecule has 0 saturated heterocycles. The van der Waals surface area contributed by atoms with Crippen LogP contribution in [0.5, 0.6) is 0 Å². The van der Waals surface area contributed by atoms with Crippen LogP contribution in [0, 0.1) is 0 Å². The first kappa shape index (κ1) is 13.6. The Morgan fingerprint density at radius 3 is 2.41 bits per heavy atom. The summed E-state index contributed by atoms with van der Waals surface area (Å²) in [5.74, 6) is 4.39. The van der Waals surface area contributed by atoms with Crippen molar-refractivity contribution in [3.8, 4) is 0 Å². The lowest BCUT2D eigenvalue weighted by Crippen LogP contribution is -2.42. The van der Waals surface area contributed by atoms with Crippen LogP contribution < -0.4 is 11.3 Å². The Bertz CT molecular complexity index is 473. The molecular formula is C10H15N3O3S. The molecule has 0 saturated carbocycles.